The maximum atomic E-state index is 12.2. The summed E-state index contributed by atoms with van der Waals surface area (Å²) in [5, 5.41) is 14.1. The first-order chi connectivity index (χ1) is 12.1. The van der Waals surface area contributed by atoms with Gasteiger partial charge >= 0.3 is 5.69 Å². The van der Waals surface area contributed by atoms with E-state index in [0.29, 0.717) is 19.5 Å². The lowest BCUT2D eigenvalue weighted by molar-refractivity contribution is -0.384. The zero-order chi connectivity index (χ0) is 17.6. The number of rotatable bonds is 3. The van der Waals surface area contributed by atoms with Crippen LogP contribution in [-0.4, -0.2) is 39.8 Å². The van der Waals surface area contributed by atoms with Gasteiger partial charge in [-0.15, -0.1) is 0 Å². The molecule has 1 N–H and O–H groups in total. The van der Waals surface area contributed by atoms with E-state index >= 15 is 0 Å². The Balaban J connectivity index is 1.62. The van der Waals surface area contributed by atoms with Crippen LogP contribution in [0.15, 0.2) is 48.7 Å². The van der Waals surface area contributed by atoms with Gasteiger partial charge in [0, 0.05) is 42.9 Å². The number of pyridine rings is 1. The molecule has 3 rings (SSSR count). The van der Waals surface area contributed by atoms with Gasteiger partial charge in [0.1, 0.15) is 0 Å². The van der Waals surface area contributed by atoms with E-state index in [9.17, 15) is 14.9 Å². The highest BCUT2D eigenvalue weighted by Gasteiger charge is 2.27. The predicted octanol–water partition coefficient (Wildman–Crippen LogP) is 2.05. The average Bonchev–Trinajstić information content (AvgIpc) is 3.09. The van der Waals surface area contributed by atoms with Crippen molar-refractivity contribution < 1.29 is 9.72 Å². The van der Waals surface area contributed by atoms with Crippen LogP contribution in [-0.2, 0) is 4.79 Å². The number of carbonyl (C=O) groups is 1. The summed E-state index contributed by atoms with van der Waals surface area (Å²) in [6.07, 6.45) is 2.19. The van der Waals surface area contributed by atoms with Gasteiger partial charge in [0.05, 0.1) is 4.92 Å². The fraction of sp³-hybridized carbons (Fsp3) is 0.222. The number of aromatic nitrogens is 1. The van der Waals surface area contributed by atoms with Crippen LogP contribution in [0.4, 0.5) is 11.5 Å². The first-order valence-corrected chi connectivity index (χ1v) is 7.85. The molecule has 25 heavy (non-hydrogen) atoms. The Bertz CT molecular complexity index is 842. The molecule has 0 radical (unpaired) electrons. The van der Waals surface area contributed by atoms with E-state index in [1.54, 1.807) is 4.90 Å². The minimum Gasteiger partial charge on any atom is -0.360 e. The summed E-state index contributed by atoms with van der Waals surface area (Å²) < 4.78 is 0. The number of nitro groups is 1. The summed E-state index contributed by atoms with van der Waals surface area (Å²) in [5.74, 6) is 5.46. The molecule has 126 valence electrons. The van der Waals surface area contributed by atoms with Gasteiger partial charge in [0.25, 0.3) is 5.91 Å². The van der Waals surface area contributed by atoms with E-state index in [2.05, 4.69) is 22.1 Å². The Morgan fingerprint density at radius 1 is 1.28 bits per heavy atom. The zero-order valence-corrected chi connectivity index (χ0v) is 13.4. The fourth-order valence-electron chi connectivity index (χ4n) is 2.64. The summed E-state index contributed by atoms with van der Waals surface area (Å²) in [5.41, 5.74) is 0.713. The molecule has 1 aliphatic heterocycles. The number of nitrogens with zero attached hydrogens (tertiary/aromatic N) is 3. The summed E-state index contributed by atoms with van der Waals surface area (Å²) >= 11 is 0. The molecule has 1 unspecified atom stereocenters. The molecule has 2 aromatic rings. The van der Waals surface area contributed by atoms with E-state index in [0.717, 1.165) is 5.56 Å². The summed E-state index contributed by atoms with van der Waals surface area (Å²) in [6, 6.07) is 12.1. The smallest absolute Gasteiger partial charge is 0.311 e. The molecule has 1 aliphatic rings. The van der Waals surface area contributed by atoms with Gasteiger partial charge in [-0.2, -0.15) is 0 Å². The third-order valence-corrected chi connectivity index (χ3v) is 3.89. The van der Waals surface area contributed by atoms with Crippen molar-refractivity contribution in [1.82, 2.24) is 9.88 Å². The lowest BCUT2D eigenvalue weighted by Crippen LogP contribution is -2.30. The second kappa shape index (κ2) is 7.45. The van der Waals surface area contributed by atoms with Gasteiger partial charge in [0.15, 0.2) is 0 Å². The Morgan fingerprint density at radius 2 is 2.08 bits per heavy atom. The molecule has 0 bridgehead atoms. The van der Waals surface area contributed by atoms with Crippen LogP contribution in [0.5, 0.6) is 0 Å². The molecule has 0 spiro atoms. The molecule has 0 aliphatic carbocycles. The number of hydrogen-bond donors (Lipinski definition) is 1. The molecular weight excluding hydrogens is 320 g/mol. The molecule has 1 aromatic heterocycles. The summed E-state index contributed by atoms with van der Waals surface area (Å²) in [6.45, 7) is 0.997. The second-order valence-corrected chi connectivity index (χ2v) is 5.63. The SMILES string of the molecule is O=C(C#Cc1ccccc1)N1CCC(Nc2ncccc2[N+](=O)[O-])C1. The quantitative estimate of drug-likeness (QED) is 0.526. The largest absolute Gasteiger partial charge is 0.360 e. The van der Waals surface area contributed by atoms with Crippen molar-refractivity contribution in [2.45, 2.75) is 12.5 Å². The zero-order valence-electron chi connectivity index (χ0n) is 13.4. The van der Waals surface area contributed by atoms with Gasteiger partial charge in [-0.05, 0) is 24.6 Å². The monoisotopic (exact) mass is 336 g/mol. The van der Waals surface area contributed by atoms with Crippen molar-refractivity contribution in [2.24, 2.45) is 0 Å². The van der Waals surface area contributed by atoms with Crippen molar-refractivity contribution in [1.29, 1.82) is 0 Å². The lowest BCUT2D eigenvalue weighted by atomic mass is 10.2. The van der Waals surface area contributed by atoms with Crippen molar-refractivity contribution in [3.05, 3.63) is 64.3 Å². The standard InChI is InChI=1S/C18H16N4O3/c23-17(9-8-14-5-2-1-3-6-14)21-12-10-15(13-21)20-18-16(22(24)25)7-4-11-19-18/h1-7,11,15H,10,12-13H2,(H,19,20). The van der Waals surface area contributed by atoms with Crippen LogP contribution < -0.4 is 5.32 Å². The normalized spacial score (nSPS) is 16.0. The number of carbonyl (C=O) groups excluding carboxylic acids is 1. The van der Waals surface area contributed by atoms with E-state index in [1.807, 2.05) is 30.3 Å². The molecule has 1 amide bonds. The van der Waals surface area contributed by atoms with Crippen LogP contribution in [0.3, 0.4) is 0 Å². The van der Waals surface area contributed by atoms with Crippen LogP contribution >= 0.6 is 0 Å². The van der Waals surface area contributed by atoms with Crippen LogP contribution in [0.25, 0.3) is 0 Å². The minimum absolute atomic E-state index is 0.0730. The van der Waals surface area contributed by atoms with E-state index in [4.69, 9.17) is 0 Å². The molecule has 1 aromatic carbocycles. The summed E-state index contributed by atoms with van der Waals surface area (Å²) in [7, 11) is 0. The van der Waals surface area contributed by atoms with Gasteiger partial charge in [0.2, 0.25) is 5.82 Å². The van der Waals surface area contributed by atoms with Crippen molar-refractivity contribution in [2.75, 3.05) is 18.4 Å². The van der Waals surface area contributed by atoms with E-state index in [1.165, 1.54) is 18.3 Å². The molecule has 7 heteroatoms. The maximum Gasteiger partial charge on any atom is 0.311 e. The van der Waals surface area contributed by atoms with Crippen molar-refractivity contribution in [3.63, 3.8) is 0 Å². The van der Waals surface area contributed by atoms with Gasteiger partial charge < -0.3 is 10.2 Å². The molecular formula is C18H16N4O3. The first-order valence-electron chi connectivity index (χ1n) is 7.85. The number of benzene rings is 1. The number of hydrogen-bond acceptors (Lipinski definition) is 5. The maximum absolute atomic E-state index is 12.2. The Morgan fingerprint density at radius 3 is 2.84 bits per heavy atom. The Hall–Kier alpha value is -3.40. The lowest BCUT2D eigenvalue weighted by Gasteiger charge is -2.14. The minimum atomic E-state index is -0.474. The Kier molecular flexibility index (Phi) is 4.90. The number of likely N-dealkylation sites (tertiary alicyclic amines) is 1. The van der Waals surface area contributed by atoms with Crippen LogP contribution in [0.2, 0.25) is 0 Å². The van der Waals surface area contributed by atoms with Crippen molar-refractivity contribution >= 4 is 17.4 Å². The van der Waals surface area contributed by atoms with Gasteiger partial charge in [-0.1, -0.05) is 24.1 Å². The molecule has 1 saturated heterocycles. The predicted molar refractivity (Wildman–Crippen MR) is 92.8 cm³/mol. The second-order valence-electron chi connectivity index (χ2n) is 5.63. The van der Waals surface area contributed by atoms with Crippen molar-refractivity contribution in [3.8, 4) is 11.8 Å². The highest BCUT2D eigenvalue weighted by molar-refractivity contribution is 5.94. The molecule has 0 saturated carbocycles. The van der Waals surface area contributed by atoms with E-state index in [-0.39, 0.29) is 23.5 Å². The summed E-state index contributed by atoms with van der Waals surface area (Å²) in [4.78, 5) is 28.4. The third-order valence-electron chi connectivity index (χ3n) is 3.89. The number of amides is 1. The van der Waals surface area contributed by atoms with E-state index < -0.39 is 4.92 Å². The fourth-order valence-corrected chi connectivity index (χ4v) is 2.64. The highest BCUT2D eigenvalue weighted by Crippen LogP contribution is 2.23. The van der Waals surface area contributed by atoms with Gasteiger partial charge in [-0.25, -0.2) is 4.98 Å². The molecule has 2 heterocycles. The van der Waals surface area contributed by atoms with Gasteiger partial charge in [-0.3, -0.25) is 14.9 Å². The molecule has 1 fully saturated rings. The Labute approximate surface area is 144 Å². The third kappa shape index (κ3) is 4.12. The average molecular weight is 336 g/mol. The topological polar surface area (TPSA) is 88.4 Å². The van der Waals surface area contributed by atoms with Crippen LogP contribution in [0.1, 0.15) is 12.0 Å². The first kappa shape index (κ1) is 16.5. The molecule has 7 nitrogen and oxygen atoms in total. The number of anilines is 1. The van der Waals surface area contributed by atoms with Crippen LogP contribution in [0, 0.1) is 22.0 Å². The molecule has 1 atom stereocenters. The highest BCUT2D eigenvalue weighted by atomic mass is 16.6. The number of nitrogens with one attached hydrogen (secondary N) is 1.